The Morgan fingerprint density at radius 3 is 2.67 bits per heavy atom. The van der Waals surface area contributed by atoms with Gasteiger partial charge in [0, 0.05) is 42.2 Å². The number of hydrogen-bond acceptors (Lipinski definition) is 3. The number of anilines is 1. The van der Waals surface area contributed by atoms with E-state index in [1.165, 1.54) is 10.9 Å². The first-order chi connectivity index (χ1) is 11.8. The molecule has 5 nitrogen and oxygen atoms in total. The number of carbonyl (C=O) groups excluding carboxylic acids is 1. The Morgan fingerprint density at radius 1 is 1.04 bits per heavy atom. The van der Waals surface area contributed by atoms with Crippen LogP contribution in [0.4, 0.5) is 5.69 Å². The lowest BCUT2D eigenvalue weighted by molar-refractivity contribution is -0.121. The molecule has 5 heteroatoms. The molecule has 1 aliphatic heterocycles. The number of para-hydroxylation sites is 1. The van der Waals surface area contributed by atoms with Crippen molar-refractivity contribution in [3.05, 3.63) is 65.9 Å². The summed E-state index contributed by atoms with van der Waals surface area (Å²) in [5, 5.41) is 8.81. The normalized spacial score (nSPS) is 14.3. The van der Waals surface area contributed by atoms with Gasteiger partial charge in [-0.2, -0.15) is 5.10 Å². The molecule has 0 saturated heterocycles. The third kappa shape index (κ3) is 2.88. The lowest BCUT2D eigenvalue weighted by Gasteiger charge is -2.13. The van der Waals surface area contributed by atoms with E-state index in [2.05, 4.69) is 39.0 Å². The molecular weight excluding hydrogens is 300 g/mol. The average molecular weight is 318 g/mol. The van der Waals surface area contributed by atoms with Crippen molar-refractivity contribution in [1.29, 1.82) is 0 Å². The summed E-state index contributed by atoms with van der Waals surface area (Å²) in [5.74, 6) is -0.0178. The zero-order valence-corrected chi connectivity index (χ0v) is 13.2. The summed E-state index contributed by atoms with van der Waals surface area (Å²) in [5.41, 5.74) is 7.97. The minimum absolute atomic E-state index is 0.0178. The van der Waals surface area contributed by atoms with Crippen molar-refractivity contribution < 1.29 is 4.79 Å². The quantitative estimate of drug-likeness (QED) is 0.690. The van der Waals surface area contributed by atoms with Crippen molar-refractivity contribution in [3.8, 4) is 0 Å². The zero-order chi connectivity index (χ0) is 16.4. The Bertz CT molecular complexity index is 909. The van der Waals surface area contributed by atoms with Crippen LogP contribution in [0.1, 0.15) is 24.0 Å². The third-order valence-corrected chi connectivity index (χ3v) is 4.28. The molecule has 4 rings (SSSR count). The number of nitrogens with zero attached hydrogens (tertiary/aromatic N) is 1. The molecule has 0 aliphatic carbocycles. The van der Waals surface area contributed by atoms with Crippen molar-refractivity contribution >= 4 is 28.2 Å². The minimum atomic E-state index is -0.0178. The molecule has 0 atom stereocenters. The molecule has 0 spiro atoms. The van der Waals surface area contributed by atoms with Crippen molar-refractivity contribution in [2.24, 2.45) is 5.10 Å². The second-order valence-electron chi connectivity index (χ2n) is 5.88. The fourth-order valence-corrected chi connectivity index (χ4v) is 2.94. The Morgan fingerprint density at radius 2 is 1.88 bits per heavy atom. The van der Waals surface area contributed by atoms with Gasteiger partial charge in [-0.1, -0.05) is 30.3 Å². The first-order valence-electron chi connectivity index (χ1n) is 8.04. The maximum absolute atomic E-state index is 11.2. The second-order valence-corrected chi connectivity index (χ2v) is 5.88. The predicted octanol–water partition coefficient (Wildman–Crippen LogP) is 3.39. The molecule has 1 amide bonds. The molecule has 0 saturated carbocycles. The molecule has 0 fully saturated rings. The summed E-state index contributed by atoms with van der Waals surface area (Å²) in [6.07, 6.45) is 3.23. The highest BCUT2D eigenvalue weighted by Crippen LogP contribution is 2.20. The number of aromatic nitrogens is 1. The van der Waals surface area contributed by atoms with Gasteiger partial charge in [0.2, 0.25) is 5.91 Å². The van der Waals surface area contributed by atoms with Crippen molar-refractivity contribution in [2.75, 3.05) is 5.32 Å². The van der Waals surface area contributed by atoms with Crippen molar-refractivity contribution in [1.82, 2.24) is 10.4 Å². The minimum Gasteiger partial charge on any atom is -0.381 e. The fraction of sp³-hybridized carbons (Fsp3) is 0.158. The van der Waals surface area contributed by atoms with Crippen molar-refractivity contribution in [3.63, 3.8) is 0 Å². The molecule has 1 aromatic heterocycles. The third-order valence-electron chi connectivity index (χ3n) is 4.28. The lowest BCUT2D eigenvalue weighted by atomic mass is 10.0. The number of fused-ring (bicyclic) bond motifs is 1. The van der Waals surface area contributed by atoms with Crippen LogP contribution in [0.15, 0.2) is 59.8 Å². The van der Waals surface area contributed by atoms with Crippen molar-refractivity contribution in [2.45, 2.75) is 19.4 Å². The number of rotatable bonds is 4. The molecule has 0 bridgehead atoms. The number of aromatic amines is 1. The van der Waals surface area contributed by atoms with Crippen LogP contribution in [0.5, 0.6) is 0 Å². The SMILES string of the molecule is O=C1CCC(c2ccc(NCc3c[nH]c4ccccc34)cc2)=NN1. The molecule has 3 N–H and O–H groups in total. The Hall–Kier alpha value is -3.08. The lowest BCUT2D eigenvalue weighted by Crippen LogP contribution is -2.25. The highest BCUT2D eigenvalue weighted by molar-refractivity contribution is 6.04. The average Bonchev–Trinajstić information content (AvgIpc) is 3.04. The van der Waals surface area contributed by atoms with Crippen LogP contribution in [0.25, 0.3) is 10.9 Å². The van der Waals surface area contributed by atoms with Gasteiger partial charge >= 0.3 is 0 Å². The molecule has 0 unspecified atom stereocenters. The number of benzene rings is 2. The Labute approximate surface area is 139 Å². The highest BCUT2D eigenvalue weighted by atomic mass is 16.2. The van der Waals surface area contributed by atoms with E-state index in [1.54, 1.807) is 0 Å². The summed E-state index contributed by atoms with van der Waals surface area (Å²) >= 11 is 0. The van der Waals surface area contributed by atoms with Gasteiger partial charge in [0.05, 0.1) is 5.71 Å². The molecule has 24 heavy (non-hydrogen) atoms. The number of carbonyl (C=O) groups is 1. The summed E-state index contributed by atoms with van der Waals surface area (Å²) in [4.78, 5) is 14.4. The first-order valence-corrected chi connectivity index (χ1v) is 8.04. The van der Waals surface area contributed by atoms with E-state index in [9.17, 15) is 4.79 Å². The van der Waals surface area contributed by atoms with E-state index in [0.717, 1.165) is 29.0 Å². The number of H-pyrrole nitrogens is 1. The summed E-state index contributed by atoms with van der Waals surface area (Å²) in [7, 11) is 0. The number of hydrazone groups is 1. The number of nitrogens with one attached hydrogen (secondary N) is 3. The van der Waals surface area contributed by atoms with Crippen LogP contribution in [0.2, 0.25) is 0 Å². The molecular formula is C19H18N4O. The van der Waals surface area contributed by atoms with Gasteiger partial charge in [-0.05, 0) is 29.3 Å². The van der Waals surface area contributed by atoms with E-state index in [4.69, 9.17) is 0 Å². The first kappa shape index (κ1) is 14.5. The van der Waals surface area contributed by atoms with Gasteiger partial charge in [-0.15, -0.1) is 0 Å². The van der Waals surface area contributed by atoms with Gasteiger partial charge in [0.25, 0.3) is 0 Å². The smallest absolute Gasteiger partial charge is 0.240 e. The zero-order valence-electron chi connectivity index (χ0n) is 13.2. The highest BCUT2D eigenvalue weighted by Gasteiger charge is 2.12. The van der Waals surface area contributed by atoms with E-state index in [0.29, 0.717) is 12.8 Å². The molecule has 1 aliphatic rings. The maximum Gasteiger partial charge on any atom is 0.240 e. The van der Waals surface area contributed by atoms with Gasteiger partial charge in [0.1, 0.15) is 0 Å². The molecule has 0 radical (unpaired) electrons. The number of amides is 1. The van der Waals surface area contributed by atoms with Gasteiger partial charge < -0.3 is 10.3 Å². The van der Waals surface area contributed by atoms with Gasteiger partial charge in [-0.25, -0.2) is 5.43 Å². The molecule has 2 heterocycles. The van der Waals surface area contributed by atoms with Crippen LogP contribution in [-0.4, -0.2) is 16.6 Å². The van der Waals surface area contributed by atoms with Crippen LogP contribution >= 0.6 is 0 Å². The van der Waals surface area contributed by atoms with Gasteiger partial charge in [-0.3, -0.25) is 4.79 Å². The molecule has 2 aromatic carbocycles. The Balaban J connectivity index is 1.45. The van der Waals surface area contributed by atoms with E-state index < -0.39 is 0 Å². The predicted molar refractivity (Wildman–Crippen MR) is 96.0 cm³/mol. The van der Waals surface area contributed by atoms with E-state index >= 15 is 0 Å². The topological polar surface area (TPSA) is 69.3 Å². The molecule has 3 aromatic rings. The number of hydrogen-bond donors (Lipinski definition) is 3. The van der Waals surface area contributed by atoms with Gasteiger partial charge in [0.15, 0.2) is 0 Å². The summed E-state index contributed by atoms with van der Waals surface area (Å²) < 4.78 is 0. The fourth-order valence-electron chi connectivity index (χ4n) is 2.94. The van der Waals surface area contributed by atoms with Crippen LogP contribution < -0.4 is 10.7 Å². The summed E-state index contributed by atoms with van der Waals surface area (Å²) in [6, 6.07) is 16.5. The Kier molecular flexibility index (Phi) is 3.75. The monoisotopic (exact) mass is 318 g/mol. The summed E-state index contributed by atoms with van der Waals surface area (Å²) in [6.45, 7) is 0.764. The largest absolute Gasteiger partial charge is 0.381 e. The van der Waals surface area contributed by atoms with E-state index in [-0.39, 0.29) is 5.91 Å². The molecule has 120 valence electrons. The maximum atomic E-state index is 11.2. The van der Waals surface area contributed by atoms with E-state index in [1.807, 2.05) is 36.5 Å². The second kappa shape index (κ2) is 6.20. The van der Waals surface area contributed by atoms with Crippen LogP contribution in [-0.2, 0) is 11.3 Å². The standard InChI is InChI=1S/C19H18N4O/c24-19-10-9-17(22-23-19)13-5-7-15(8-6-13)20-11-14-12-21-18-4-2-1-3-16(14)18/h1-8,12,20-21H,9-11H2,(H,23,24). The van der Waals surface area contributed by atoms with Crippen LogP contribution in [0.3, 0.4) is 0 Å². The van der Waals surface area contributed by atoms with Crippen LogP contribution in [0, 0.1) is 0 Å².